The highest BCUT2D eigenvalue weighted by Crippen LogP contribution is 2.09. The van der Waals surface area contributed by atoms with E-state index in [9.17, 15) is 4.79 Å². The summed E-state index contributed by atoms with van der Waals surface area (Å²) in [5, 5.41) is 8.72. The second-order valence-corrected chi connectivity index (χ2v) is 2.80. The van der Waals surface area contributed by atoms with E-state index >= 15 is 0 Å². The maximum absolute atomic E-state index is 10.6. The molecular formula is C10H11N3O2. The number of pyridine rings is 1. The largest absolute Gasteiger partial charge is 0.478 e. The molecule has 0 aromatic carbocycles. The lowest BCUT2D eigenvalue weighted by Crippen LogP contribution is -2.02. The molecule has 0 aliphatic heterocycles. The number of nitrogens with two attached hydrogens (primary N) is 2. The Labute approximate surface area is 87.1 Å². The summed E-state index contributed by atoms with van der Waals surface area (Å²) < 4.78 is 0. The van der Waals surface area contributed by atoms with E-state index in [0.29, 0.717) is 18.5 Å². The van der Waals surface area contributed by atoms with E-state index in [1.807, 2.05) is 0 Å². The van der Waals surface area contributed by atoms with Gasteiger partial charge in [-0.05, 0) is 6.07 Å². The Morgan fingerprint density at radius 3 is 2.93 bits per heavy atom. The Morgan fingerprint density at radius 1 is 1.60 bits per heavy atom. The van der Waals surface area contributed by atoms with Crippen molar-refractivity contribution < 1.29 is 9.90 Å². The lowest BCUT2D eigenvalue weighted by atomic mass is 10.2. The number of carboxylic acids is 1. The first kappa shape index (κ1) is 11.0. The number of carboxylic acid groups (broad SMARTS) is 1. The van der Waals surface area contributed by atoms with Gasteiger partial charge in [-0.25, -0.2) is 9.78 Å². The second kappa shape index (κ2) is 4.98. The van der Waals surface area contributed by atoms with Gasteiger partial charge in [-0.15, -0.1) is 0 Å². The van der Waals surface area contributed by atoms with Gasteiger partial charge in [-0.1, -0.05) is 11.8 Å². The maximum atomic E-state index is 10.6. The third-order valence-corrected chi connectivity index (χ3v) is 1.66. The average Bonchev–Trinajstić information content (AvgIpc) is 2.20. The van der Waals surface area contributed by atoms with Crippen LogP contribution in [0.4, 0.5) is 5.82 Å². The predicted molar refractivity (Wildman–Crippen MR) is 56.2 cm³/mol. The van der Waals surface area contributed by atoms with Crippen molar-refractivity contribution in [2.24, 2.45) is 5.73 Å². The molecule has 1 aromatic rings. The summed E-state index contributed by atoms with van der Waals surface area (Å²) >= 11 is 0. The molecule has 0 saturated carbocycles. The summed E-state index contributed by atoms with van der Waals surface area (Å²) in [5.41, 5.74) is 11.3. The van der Waals surface area contributed by atoms with Gasteiger partial charge in [0, 0.05) is 19.2 Å². The van der Waals surface area contributed by atoms with Gasteiger partial charge in [0.05, 0.1) is 11.1 Å². The summed E-state index contributed by atoms with van der Waals surface area (Å²) in [6, 6.07) is 1.40. The molecule has 5 N–H and O–H groups in total. The van der Waals surface area contributed by atoms with Gasteiger partial charge in [0.1, 0.15) is 5.82 Å². The molecule has 0 amide bonds. The number of anilines is 1. The van der Waals surface area contributed by atoms with Gasteiger partial charge in [-0.3, -0.25) is 0 Å². The van der Waals surface area contributed by atoms with E-state index in [4.69, 9.17) is 16.6 Å². The van der Waals surface area contributed by atoms with E-state index in [1.54, 1.807) is 0 Å². The Hall–Kier alpha value is -2.06. The van der Waals surface area contributed by atoms with E-state index in [0.717, 1.165) is 0 Å². The molecular weight excluding hydrogens is 194 g/mol. The highest BCUT2D eigenvalue weighted by atomic mass is 16.4. The minimum absolute atomic E-state index is 0.0706. The van der Waals surface area contributed by atoms with Crippen LogP contribution in [0.2, 0.25) is 0 Å². The van der Waals surface area contributed by atoms with Gasteiger partial charge in [0.2, 0.25) is 0 Å². The zero-order valence-electron chi connectivity index (χ0n) is 8.03. The first-order valence-corrected chi connectivity index (χ1v) is 4.33. The molecule has 0 radical (unpaired) electrons. The van der Waals surface area contributed by atoms with Crippen LogP contribution in [-0.2, 0) is 0 Å². The zero-order chi connectivity index (χ0) is 11.3. The Bertz CT molecular complexity index is 432. The van der Waals surface area contributed by atoms with Crippen LogP contribution in [0, 0.1) is 11.8 Å². The van der Waals surface area contributed by atoms with Crippen molar-refractivity contribution in [2.75, 3.05) is 12.3 Å². The Morgan fingerprint density at radius 2 is 2.33 bits per heavy atom. The first-order valence-electron chi connectivity index (χ1n) is 4.33. The molecule has 0 atom stereocenters. The number of rotatable bonds is 2. The topological polar surface area (TPSA) is 102 Å². The number of hydrogen-bond acceptors (Lipinski definition) is 4. The first-order chi connectivity index (χ1) is 7.15. The van der Waals surface area contributed by atoms with Gasteiger partial charge in [0.15, 0.2) is 0 Å². The van der Waals surface area contributed by atoms with E-state index in [-0.39, 0.29) is 11.4 Å². The van der Waals surface area contributed by atoms with Crippen LogP contribution in [0.3, 0.4) is 0 Å². The van der Waals surface area contributed by atoms with Crippen LogP contribution in [-0.4, -0.2) is 22.6 Å². The van der Waals surface area contributed by atoms with Crippen LogP contribution >= 0.6 is 0 Å². The molecule has 1 rings (SSSR count). The molecule has 0 bridgehead atoms. The molecule has 5 nitrogen and oxygen atoms in total. The molecule has 1 heterocycles. The molecule has 0 unspecified atom stereocenters. The molecule has 0 spiro atoms. The Balaban J connectivity index is 3.02. The van der Waals surface area contributed by atoms with Crippen LogP contribution in [0.15, 0.2) is 12.3 Å². The highest BCUT2D eigenvalue weighted by molar-refractivity contribution is 5.88. The molecule has 5 heteroatoms. The summed E-state index contributed by atoms with van der Waals surface area (Å²) in [6.07, 6.45) is 1.74. The van der Waals surface area contributed by atoms with Crippen molar-refractivity contribution in [1.82, 2.24) is 4.98 Å². The van der Waals surface area contributed by atoms with Gasteiger partial charge in [-0.2, -0.15) is 0 Å². The summed E-state index contributed by atoms with van der Waals surface area (Å²) in [4.78, 5) is 14.4. The predicted octanol–water partition coefficient (Wildman–Crippen LogP) is 0.0623. The molecule has 15 heavy (non-hydrogen) atoms. The van der Waals surface area contributed by atoms with E-state index in [1.165, 1.54) is 12.3 Å². The number of carbonyl (C=O) groups is 1. The molecule has 0 saturated heterocycles. The quantitative estimate of drug-likeness (QED) is 0.592. The van der Waals surface area contributed by atoms with Crippen LogP contribution in [0.1, 0.15) is 22.3 Å². The number of hydrogen-bond donors (Lipinski definition) is 3. The monoisotopic (exact) mass is 205 g/mol. The summed E-state index contributed by atoms with van der Waals surface area (Å²) in [7, 11) is 0. The zero-order valence-corrected chi connectivity index (χ0v) is 8.03. The molecule has 78 valence electrons. The van der Waals surface area contributed by atoms with Crippen molar-refractivity contribution in [2.45, 2.75) is 6.42 Å². The Kier molecular flexibility index (Phi) is 3.66. The van der Waals surface area contributed by atoms with Crippen LogP contribution in [0.25, 0.3) is 0 Å². The van der Waals surface area contributed by atoms with Crippen molar-refractivity contribution >= 4 is 11.8 Å². The molecule has 0 aliphatic carbocycles. The lowest BCUT2D eigenvalue weighted by Gasteiger charge is -1.98. The van der Waals surface area contributed by atoms with E-state index < -0.39 is 5.97 Å². The number of nitrogen functional groups attached to an aromatic ring is 1. The SMILES string of the molecule is NCCC#Cc1cc(C(=O)O)cnc1N. The van der Waals surface area contributed by atoms with E-state index in [2.05, 4.69) is 16.8 Å². The molecule has 0 fully saturated rings. The number of aromatic nitrogens is 1. The third-order valence-electron chi connectivity index (χ3n) is 1.66. The highest BCUT2D eigenvalue weighted by Gasteiger charge is 2.05. The summed E-state index contributed by atoms with van der Waals surface area (Å²) in [5.74, 6) is 4.67. The summed E-state index contributed by atoms with van der Waals surface area (Å²) in [6.45, 7) is 0.457. The third kappa shape index (κ3) is 2.97. The van der Waals surface area contributed by atoms with Gasteiger partial charge >= 0.3 is 5.97 Å². The fraction of sp³-hybridized carbons (Fsp3) is 0.200. The fourth-order valence-corrected chi connectivity index (χ4v) is 0.922. The number of aromatic carboxylic acids is 1. The average molecular weight is 205 g/mol. The van der Waals surface area contributed by atoms with Crippen molar-refractivity contribution in [3.05, 3.63) is 23.4 Å². The van der Waals surface area contributed by atoms with Gasteiger partial charge < -0.3 is 16.6 Å². The minimum Gasteiger partial charge on any atom is -0.478 e. The fourth-order valence-electron chi connectivity index (χ4n) is 0.922. The standard InChI is InChI=1S/C10H11N3O2/c11-4-2-1-3-7-5-8(10(14)15)6-13-9(7)12/h5-6H,2,4,11H2,(H2,12,13)(H,14,15). The smallest absolute Gasteiger partial charge is 0.337 e. The number of nitrogens with zero attached hydrogens (tertiary/aromatic N) is 1. The van der Waals surface area contributed by atoms with Crippen molar-refractivity contribution in [1.29, 1.82) is 0 Å². The maximum Gasteiger partial charge on any atom is 0.337 e. The second-order valence-electron chi connectivity index (χ2n) is 2.80. The lowest BCUT2D eigenvalue weighted by molar-refractivity contribution is 0.0696. The molecule has 1 aromatic heterocycles. The normalized spacial score (nSPS) is 9.13. The van der Waals surface area contributed by atoms with Crippen LogP contribution < -0.4 is 11.5 Å². The van der Waals surface area contributed by atoms with Crippen LogP contribution in [0.5, 0.6) is 0 Å². The van der Waals surface area contributed by atoms with Crippen molar-refractivity contribution in [3.8, 4) is 11.8 Å². The molecule has 0 aliphatic rings. The van der Waals surface area contributed by atoms with Gasteiger partial charge in [0.25, 0.3) is 0 Å². The van der Waals surface area contributed by atoms with Crippen molar-refractivity contribution in [3.63, 3.8) is 0 Å². The minimum atomic E-state index is -1.05.